The van der Waals surface area contributed by atoms with E-state index in [1.807, 2.05) is 20.2 Å². The number of aliphatic imine (C=N–C) groups is 1. The Morgan fingerprint density at radius 3 is 2.80 bits per heavy atom. The van der Waals surface area contributed by atoms with Gasteiger partial charge in [0, 0.05) is 31.2 Å². The van der Waals surface area contributed by atoms with E-state index >= 15 is 0 Å². The van der Waals surface area contributed by atoms with Crippen molar-refractivity contribution < 1.29 is 0 Å². The van der Waals surface area contributed by atoms with Crippen molar-refractivity contribution in [2.45, 2.75) is 32.7 Å². The molecule has 1 aliphatic rings. The van der Waals surface area contributed by atoms with E-state index in [1.165, 1.54) is 37.2 Å². The average molecular weight is 295 g/mol. The van der Waals surface area contributed by atoms with Crippen LogP contribution in [0.2, 0.25) is 0 Å². The third-order valence-electron chi connectivity index (χ3n) is 3.49. The molecular formula is C14H25N5S. The van der Waals surface area contributed by atoms with E-state index in [1.54, 1.807) is 11.3 Å². The third kappa shape index (κ3) is 5.09. The Morgan fingerprint density at radius 2 is 2.15 bits per heavy atom. The van der Waals surface area contributed by atoms with Gasteiger partial charge in [-0.25, -0.2) is 4.98 Å². The van der Waals surface area contributed by atoms with Gasteiger partial charge in [-0.05, 0) is 32.9 Å². The highest BCUT2D eigenvalue weighted by Gasteiger charge is 2.09. The lowest BCUT2D eigenvalue weighted by atomic mass is 10.1. The van der Waals surface area contributed by atoms with Crippen LogP contribution in [0.3, 0.4) is 0 Å². The van der Waals surface area contributed by atoms with Gasteiger partial charge in [0.15, 0.2) is 5.96 Å². The second-order valence-corrected chi connectivity index (χ2v) is 6.42. The predicted octanol–water partition coefficient (Wildman–Crippen LogP) is 1.60. The van der Waals surface area contributed by atoms with Crippen LogP contribution in [0.1, 0.15) is 29.1 Å². The number of rotatable bonds is 5. The standard InChI is InChI=1S/C14H25N5S/c1-12-17-10-13(20-12)11-18-14(15-2)16-6-9-19-7-4-3-5-8-19/h10H,3-9,11H2,1-2H3,(H2,15,16,18). The van der Waals surface area contributed by atoms with Crippen LogP contribution in [-0.2, 0) is 6.54 Å². The first-order valence-corrected chi connectivity index (χ1v) is 8.18. The molecule has 0 radical (unpaired) electrons. The largest absolute Gasteiger partial charge is 0.355 e. The van der Waals surface area contributed by atoms with Gasteiger partial charge in [0.2, 0.25) is 0 Å². The maximum absolute atomic E-state index is 4.26. The quantitative estimate of drug-likeness (QED) is 0.640. The van der Waals surface area contributed by atoms with Crippen molar-refractivity contribution in [2.75, 3.05) is 33.2 Å². The highest BCUT2D eigenvalue weighted by Crippen LogP contribution is 2.10. The van der Waals surface area contributed by atoms with E-state index in [4.69, 9.17) is 0 Å². The lowest BCUT2D eigenvalue weighted by Crippen LogP contribution is -2.42. The first-order chi connectivity index (χ1) is 9.78. The molecule has 0 atom stereocenters. The van der Waals surface area contributed by atoms with Crippen molar-refractivity contribution >= 4 is 17.3 Å². The van der Waals surface area contributed by atoms with Crippen LogP contribution in [-0.4, -0.2) is 49.1 Å². The number of hydrogen-bond acceptors (Lipinski definition) is 4. The van der Waals surface area contributed by atoms with Gasteiger partial charge in [-0.15, -0.1) is 11.3 Å². The van der Waals surface area contributed by atoms with Crippen LogP contribution in [0.15, 0.2) is 11.2 Å². The van der Waals surface area contributed by atoms with Gasteiger partial charge in [-0.3, -0.25) is 4.99 Å². The van der Waals surface area contributed by atoms with Gasteiger partial charge in [-0.1, -0.05) is 6.42 Å². The van der Waals surface area contributed by atoms with Crippen molar-refractivity contribution in [3.05, 3.63) is 16.1 Å². The van der Waals surface area contributed by atoms with Gasteiger partial charge in [0.05, 0.1) is 11.6 Å². The topological polar surface area (TPSA) is 52.6 Å². The molecule has 112 valence electrons. The molecule has 1 fully saturated rings. The minimum atomic E-state index is 0.787. The molecule has 1 aliphatic heterocycles. The Bertz CT molecular complexity index is 423. The van der Waals surface area contributed by atoms with Crippen LogP contribution in [0, 0.1) is 6.92 Å². The summed E-state index contributed by atoms with van der Waals surface area (Å²) in [6.07, 6.45) is 6.00. The number of nitrogens with zero attached hydrogens (tertiary/aromatic N) is 3. The van der Waals surface area contributed by atoms with E-state index in [-0.39, 0.29) is 0 Å². The van der Waals surface area contributed by atoms with Crippen LogP contribution in [0.25, 0.3) is 0 Å². The molecule has 0 bridgehead atoms. The summed E-state index contributed by atoms with van der Waals surface area (Å²) in [6.45, 7) is 7.35. The van der Waals surface area contributed by atoms with E-state index in [2.05, 4.69) is 25.5 Å². The number of guanidine groups is 1. The zero-order chi connectivity index (χ0) is 14.2. The number of aromatic nitrogens is 1. The fourth-order valence-corrected chi connectivity index (χ4v) is 3.13. The summed E-state index contributed by atoms with van der Waals surface area (Å²) < 4.78 is 0. The Hall–Kier alpha value is -1.14. The molecule has 0 amide bonds. The number of thiazole rings is 1. The molecule has 20 heavy (non-hydrogen) atoms. The number of hydrogen-bond donors (Lipinski definition) is 2. The van der Waals surface area contributed by atoms with Crippen LogP contribution in [0.4, 0.5) is 0 Å². The van der Waals surface area contributed by atoms with Crippen molar-refractivity contribution in [1.82, 2.24) is 20.5 Å². The molecule has 2 N–H and O–H groups in total. The van der Waals surface area contributed by atoms with Gasteiger partial charge in [0.25, 0.3) is 0 Å². The maximum Gasteiger partial charge on any atom is 0.191 e. The zero-order valence-electron chi connectivity index (χ0n) is 12.5. The monoisotopic (exact) mass is 295 g/mol. The summed E-state index contributed by atoms with van der Waals surface area (Å²) >= 11 is 1.72. The molecule has 2 rings (SSSR count). The molecule has 0 aliphatic carbocycles. The third-order valence-corrected chi connectivity index (χ3v) is 4.40. The second-order valence-electron chi connectivity index (χ2n) is 5.10. The molecule has 2 heterocycles. The fourth-order valence-electron chi connectivity index (χ4n) is 2.39. The summed E-state index contributed by atoms with van der Waals surface area (Å²) in [4.78, 5) is 12.3. The SMILES string of the molecule is CN=C(NCCN1CCCCC1)NCc1cnc(C)s1. The molecule has 1 saturated heterocycles. The molecule has 5 nitrogen and oxygen atoms in total. The molecule has 0 aromatic carbocycles. The summed E-state index contributed by atoms with van der Waals surface area (Å²) in [7, 11) is 1.81. The average Bonchev–Trinajstić information content (AvgIpc) is 2.89. The van der Waals surface area contributed by atoms with E-state index in [0.29, 0.717) is 0 Å². The minimum absolute atomic E-state index is 0.787. The van der Waals surface area contributed by atoms with Gasteiger partial charge < -0.3 is 15.5 Å². The number of nitrogens with one attached hydrogen (secondary N) is 2. The second kappa shape index (κ2) is 8.21. The van der Waals surface area contributed by atoms with Crippen molar-refractivity contribution in [2.24, 2.45) is 4.99 Å². The van der Waals surface area contributed by atoms with Crippen molar-refractivity contribution in [1.29, 1.82) is 0 Å². The Labute approximate surface area is 125 Å². The molecule has 1 aromatic heterocycles. The molecule has 6 heteroatoms. The normalized spacial score (nSPS) is 17.2. The first-order valence-electron chi connectivity index (χ1n) is 7.36. The Morgan fingerprint density at radius 1 is 1.35 bits per heavy atom. The molecule has 0 saturated carbocycles. The van der Waals surface area contributed by atoms with Crippen molar-refractivity contribution in [3.63, 3.8) is 0 Å². The van der Waals surface area contributed by atoms with Crippen LogP contribution < -0.4 is 10.6 Å². The van der Waals surface area contributed by atoms with Gasteiger partial charge in [-0.2, -0.15) is 0 Å². The lowest BCUT2D eigenvalue weighted by Gasteiger charge is -2.26. The highest BCUT2D eigenvalue weighted by atomic mass is 32.1. The summed E-state index contributed by atoms with van der Waals surface area (Å²) in [5.41, 5.74) is 0. The van der Waals surface area contributed by atoms with E-state index in [0.717, 1.165) is 30.6 Å². The molecule has 1 aromatic rings. The van der Waals surface area contributed by atoms with E-state index < -0.39 is 0 Å². The number of piperidine rings is 1. The molecular weight excluding hydrogens is 270 g/mol. The predicted molar refractivity (Wildman–Crippen MR) is 85.3 cm³/mol. The molecule has 0 spiro atoms. The van der Waals surface area contributed by atoms with E-state index in [9.17, 15) is 0 Å². The summed E-state index contributed by atoms with van der Waals surface area (Å²) in [5, 5.41) is 7.81. The smallest absolute Gasteiger partial charge is 0.191 e. The minimum Gasteiger partial charge on any atom is -0.355 e. The van der Waals surface area contributed by atoms with Gasteiger partial charge >= 0.3 is 0 Å². The zero-order valence-corrected chi connectivity index (χ0v) is 13.3. The van der Waals surface area contributed by atoms with Gasteiger partial charge in [0.1, 0.15) is 0 Å². The van der Waals surface area contributed by atoms with Crippen molar-refractivity contribution in [3.8, 4) is 0 Å². The highest BCUT2D eigenvalue weighted by molar-refractivity contribution is 7.11. The summed E-state index contributed by atoms with van der Waals surface area (Å²) in [5.74, 6) is 0.869. The number of likely N-dealkylation sites (tertiary alicyclic amines) is 1. The lowest BCUT2D eigenvalue weighted by molar-refractivity contribution is 0.232. The van der Waals surface area contributed by atoms with Crippen LogP contribution >= 0.6 is 11.3 Å². The molecule has 0 unspecified atom stereocenters. The summed E-state index contributed by atoms with van der Waals surface area (Å²) in [6, 6.07) is 0. The first kappa shape index (κ1) is 15.3. The Kier molecular flexibility index (Phi) is 6.26. The maximum atomic E-state index is 4.26. The fraction of sp³-hybridized carbons (Fsp3) is 0.714. The van der Waals surface area contributed by atoms with Crippen LogP contribution in [0.5, 0.6) is 0 Å². The Balaban J connectivity index is 1.64. The number of aryl methyl sites for hydroxylation is 1.